The first-order valence-corrected chi connectivity index (χ1v) is 14.1. The molecule has 2 aliphatic heterocycles. The summed E-state index contributed by atoms with van der Waals surface area (Å²) in [6, 6.07) is 15.5. The predicted octanol–water partition coefficient (Wildman–Crippen LogP) is 5.33. The van der Waals surface area contributed by atoms with E-state index < -0.39 is 0 Å². The number of likely N-dealkylation sites (tertiary alicyclic amines) is 1. The highest BCUT2D eigenvalue weighted by molar-refractivity contribution is 7.96. The quantitative estimate of drug-likeness (QED) is 0.183. The summed E-state index contributed by atoms with van der Waals surface area (Å²) in [4.78, 5) is 24.1. The van der Waals surface area contributed by atoms with E-state index in [1.54, 1.807) is 0 Å². The van der Waals surface area contributed by atoms with E-state index in [9.17, 15) is 4.79 Å². The van der Waals surface area contributed by atoms with E-state index in [-0.39, 0.29) is 11.9 Å². The van der Waals surface area contributed by atoms with Crippen LogP contribution in [-0.2, 0) is 0 Å². The Balaban J connectivity index is 1.39. The molecule has 2 aliphatic rings. The third kappa shape index (κ3) is 5.52. The first-order valence-electron chi connectivity index (χ1n) is 12.9. The molecule has 0 aliphatic carbocycles. The molecule has 3 heterocycles. The highest BCUT2D eigenvalue weighted by Crippen LogP contribution is 2.42. The molecule has 194 valence electrons. The summed E-state index contributed by atoms with van der Waals surface area (Å²) in [5.41, 5.74) is 4.55. The number of rotatable bonds is 8. The zero-order valence-electron chi connectivity index (χ0n) is 21.4. The second-order valence-electron chi connectivity index (χ2n) is 9.79. The monoisotopic (exact) mass is 517 g/mol. The maximum atomic E-state index is 13.8. The van der Waals surface area contributed by atoms with Crippen LogP contribution in [0.25, 0.3) is 11.3 Å². The average Bonchev–Trinajstić information content (AvgIpc) is 3.61. The van der Waals surface area contributed by atoms with Crippen molar-refractivity contribution in [3.63, 3.8) is 0 Å². The van der Waals surface area contributed by atoms with Crippen LogP contribution in [0, 0.1) is 17.2 Å². The number of nitrogens with one attached hydrogen (secondary N) is 4. The number of carbonyl (C=O) groups is 1. The molecule has 2 atom stereocenters. The van der Waals surface area contributed by atoms with E-state index >= 15 is 0 Å². The van der Waals surface area contributed by atoms with Crippen LogP contribution in [0.1, 0.15) is 41.5 Å². The second-order valence-corrected chi connectivity index (χ2v) is 10.7. The Kier molecular flexibility index (Phi) is 7.81. The van der Waals surface area contributed by atoms with Crippen LogP contribution in [0.5, 0.6) is 0 Å². The van der Waals surface area contributed by atoms with Gasteiger partial charge in [0, 0.05) is 43.6 Å². The van der Waals surface area contributed by atoms with Crippen molar-refractivity contribution >= 4 is 35.6 Å². The summed E-state index contributed by atoms with van der Waals surface area (Å²) in [7, 11) is 1.91. The van der Waals surface area contributed by atoms with Crippen molar-refractivity contribution in [1.29, 1.82) is 5.41 Å². The smallest absolute Gasteiger partial charge is 0.254 e. The third-order valence-electron chi connectivity index (χ3n) is 7.78. The van der Waals surface area contributed by atoms with Gasteiger partial charge in [-0.3, -0.25) is 14.5 Å². The van der Waals surface area contributed by atoms with Crippen molar-refractivity contribution < 1.29 is 4.79 Å². The number of hydrogen-bond acceptors (Lipinski definition) is 6. The molecule has 1 amide bonds. The van der Waals surface area contributed by atoms with E-state index in [1.165, 1.54) is 12.8 Å². The normalized spacial score (nSPS) is 20.6. The minimum absolute atomic E-state index is 0.0341. The standard InChI is InChI=1S/C28H35N7OS/c1-30-23-7-3-20(4-8-23)25-16-31-27(33-25)26-15-22(19-11-13-34(37-2)14-12-19)17-35(26)28(36)21-5-9-24(10-6-21)32-18-29/h3-10,16,18-19,22,26,30H,11-15,17H2,1-2H3,(H2,29,32)(H,31,33). The molecule has 0 radical (unpaired) electrons. The number of carbonyl (C=O) groups excluding carboxylic acids is 1. The van der Waals surface area contributed by atoms with Gasteiger partial charge in [0.25, 0.3) is 5.91 Å². The van der Waals surface area contributed by atoms with Crippen LogP contribution in [0.3, 0.4) is 0 Å². The van der Waals surface area contributed by atoms with Crippen molar-refractivity contribution in [1.82, 2.24) is 19.2 Å². The maximum absolute atomic E-state index is 13.8. The Bertz CT molecular complexity index is 1200. The molecule has 0 saturated carbocycles. The zero-order chi connectivity index (χ0) is 25.8. The van der Waals surface area contributed by atoms with E-state index in [2.05, 4.69) is 50.4 Å². The van der Waals surface area contributed by atoms with E-state index in [0.29, 0.717) is 17.4 Å². The van der Waals surface area contributed by atoms with Gasteiger partial charge in [-0.25, -0.2) is 4.98 Å². The summed E-state index contributed by atoms with van der Waals surface area (Å²) in [6.45, 7) is 2.96. The van der Waals surface area contributed by atoms with Crippen LogP contribution >= 0.6 is 11.9 Å². The van der Waals surface area contributed by atoms with Gasteiger partial charge in [0.15, 0.2) is 0 Å². The molecule has 9 heteroatoms. The van der Waals surface area contributed by atoms with Crippen LogP contribution in [0.15, 0.2) is 54.7 Å². The van der Waals surface area contributed by atoms with Gasteiger partial charge in [-0.05, 0) is 79.3 Å². The Morgan fingerprint density at radius 3 is 2.43 bits per heavy atom. The molecule has 2 saturated heterocycles. The van der Waals surface area contributed by atoms with Crippen molar-refractivity contribution in [2.45, 2.75) is 25.3 Å². The van der Waals surface area contributed by atoms with Crippen LogP contribution in [0.4, 0.5) is 11.4 Å². The van der Waals surface area contributed by atoms with Crippen molar-refractivity contribution in [3.05, 3.63) is 66.1 Å². The van der Waals surface area contributed by atoms with E-state index in [1.807, 2.05) is 54.4 Å². The summed E-state index contributed by atoms with van der Waals surface area (Å²) < 4.78 is 2.44. The van der Waals surface area contributed by atoms with Gasteiger partial charge in [0.05, 0.1) is 24.3 Å². The molecular weight excluding hydrogens is 482 g/mol. The molecule has 0 bridgehead atoms. The van der Waals surface area contributed by atoms with Crippen LogP contribution in [0.2, 0.25) is 0 Å². The first-order chi connectivity index (χ1) is 18.1. The maximum Gasteiger partial charge on any atom is 0.254 e. The fourth-order valence-electron chi connectivity index (χ4n) is 5.65. The van der Waals surface area contributed by atoms with Crippen molar-refractivity contribution in [2.75, 3.05) is 43.6 Å². The molecule has 8 nitrogen and oxygen atoms in total. The first kappa shape index (κ1) is 25.4. The second kappa shape index (κ2) is 11.4. The number of hydrogen-bond donors (Lipinski definition) is 4. The number of H-pyrrole nitrogens is 1. The van der Waals surface area contributed by atoms with E-state index in [0.717, 1.165) is 60.9 Å². The number of anilines is 2. The molecule has 2 unspecified atom stereocenters. The highest BCUT2D eigenvalue weighted by Gasteiger charge is 2.41. The largest absolute Gasteiger partial charge is 0.388 e. The number of aromatic amines is 1. The van der Waals surface area contributed by atoms with Gasteiger partial charge in [-0.15, -0.1) is 0 Å². The summed E-state index contributed by atoms with van der Waals surface area (Å²) in [5, 5.41) is 13.2. The van der Waals surface area contributed by atoms with Gasteiger partial charge in [0.2, 0.25) is 0 Å². The number of imidazole rings is 1. The van der Waals surface area contributed by atoms with Crippen LogP contribution < -0.4 is 10.6 Å². The minimum Gasteiger partial charge on any atom is -0.388 e. The molecule has 3 aromatic rings. The molecular formula is C28H35N7OS. The molecule has 2 fully saturated rings. The molecule has 1 aromatic heterocycles. The molecule has 0 spiro atoms. The molecule has 37 heavy (non-hydrogen) atoms. The Hall–Kier alpha value is -3.30. The Morgan fingerprint density at radius 2 is 1.78 bits per heavy atom. The number of piperidine rings is 1. The summed E-state index contributed by atoms with van der Waals surface area (Å²) >= 11 is 1.83. The SMILES string of the molecule is CNc1ccc(-c2cnc(C3CC(C4CCN(SC)CC4)CN3C(=O)c3ccc(NC=N)cc3)[nH]2)cc1. The Morgan fingerprint density at radius 1 is 1.08 bits per heavy atom. The molecule has 4 N–H and O–H groups in total. The lowest BCUT2D eigenvalue weighted by molar-refractivity contribution is 0.0721. The van der Waals surface area contributed by atoms with Gasteiger partial charge in [-0.1, -0.05) is 24.1 Å². The number of benzene rings is 2. The zero-order valence-corrected chi connectivity index (χ0v) is 22.2. The minimum atomic E-state index is -0.0826. The van der Waals surface area contributed by atoms with Crippen molar-refractivity contribution in [3.8, 4) is 11.3 Å². The number of nitrogens with zero attached hydrogens (tertiary/aromatic N) is 3. The van der Waals surface area contributed by atoms with Crippen LogP contribution in [-0.4, -0.2) is 64.4 Å². The lowest BCUT2D eigenvalue weighted by atomic mass is 9.83. The van der Waals surface area contributed by atoms with Crippen molar-refractivity contribution in [2.24, 2.45) is 11.8 Å². The van der Waals surface area contributed by atoms with Gasteiger partial charge in [0.1, 0.15) is 5.82 Å². The van der Waals surface area contributed by atoms with Gasteiger partial charge >= 0.3 is 0 Å². The fraction of sp³-hybridized carbons (Fsp3) is 0.393. The molecule has 5 rings (SSSR count). The number of amides is 1. The highest BCUT2D eigenvalue weighted by atomic mass is 32.2. The topological polar surface area (TPSA) is 100 Å². The lowest BCUT2D eigenvalue weighted by Crippen LogP contribution is -2.35. The number of aromatic nitrogens is 2. The lowest BCUT2D eigenvalue weighted by Gasteiger charge is -2.33. The average molecular weight is 518 g/mol. The molecule has 2 aromatic carbocycles. The van der Waals surface area contributed by atoms with E-state index in [4.69, 9.17) is 10.4 Å². The third-order valence-corrected chi connectivity index (χ3v) is 8.67. The van der Waals surface area contributed by atoms with Gasteiger partial charge in [-0.2, -0.15) is 0 Å². The predicted molar refractivity (Wildman–Crippen MR) is 152 cm³/mol. The van der Waals surface area contributed by atoms with Gasteiger partial charge < -0.3 is 20.5 Å². The Labute approximate surface area is 222 Å². The fourth-order valence-corrected chi connectivity index (χ4v) is 6.23. The summed E-state index contributed by atoms with van der Waals surface area (Å²) in [6.07, 6.45) is 8.44. The summed E-state index contributed by atoms with van der Waals surface area (Å²) in [5.74, 6) is 1.96.